The van der Waals surface area contributed by atoms with E-state index >= 15 is 0 Å². The van der Waals surface area contributed by atoms with E-state index in [1.165, 1.54) is 26.4 Å². The van der Waals surface area contributed by atoms with Crippen LogP contribution in [0.5, 0.6) is 17.2 Å². The van der Waals surface area contributed by atoms with Crippen molar-refractivity contribution in [3.63, 3.8) is 0 Å². The van der Waals surface area contributed by atoms with Crippen LogP contribution in [-0.4, -0.2) is 25.1 Å². The van der Waals surface area contributed by atoms with Crippen molar-refractivity contribution in [1.29, 1.82) is 0 Å². The van der Waals surface area contributed by atoms with E-state index < -0.39 is 0 Å². The standard InChI is InChI=1S/C17H15ClO4/c1-21-16-10-17(22-2)14(18)9-13(16)15(20)7-6-11-4-3-5-12(19)8-11/h3-10,19H,1-2H3/b7-6+. The Morgan fingerprint density at radius 2 is 1.86 bits per heavy atom. The molecule has 2 aromatic carbocycles. The second-order valence-corrected chi connectivity index (χ2v) is 4.89. The molecule has 4 nitrogen and oxygen atoms in total. The predicted octanol–water partition coefficient (Wildman–Crippen LogP) is 3.96. The minimum absolute atomic E-state index is 0.139. The molecule has 0 saturated carbocycles. The lowest BCUT2D eigenvalue weighted by atomic mass is 10.1. The Balaban J connectivity index is 2.31. The molecule has 0 aliphatic carbocycles. The van der Waals surface area contributed by atoms with E-state index in [0.717, 1.165) is 0 Å². The van der Waals surface area contributed by atoms with Gasteiger partial charge in [-0.3, -0.25) is 4.79 Å². The first-order chi connectivity index (χ1) is 10.5. The molecule has 0 bridgehead atoms. The Hall–Kier alpha value is -2.46. The van der Waals surface area contributed by atoms with E-state index in [-0.39, 0.29) is 11.5 Å². The van der Waals surface area contributed by atoms with E-state index in [0.29, 0.717) is 27.6 Å². The zero-order valence-corrected chi connectivity index (χ0v) is 12.9. The maximum Gasteiger partial charge on any atom is 0.189 e. The highest BCUT2D eigenvalue weighted by atomic mass is 35.5. The van der Waals surface area contributed by atoms with Gasteiger partial charge in [-0.05, 0) is 29.8 Å². The summed E-state index contributed by atoms with van der Waals surface area (Å²) in [6.45, 7) is 0. The van der Waals surface area contributed by atoms with E-state index in [1.807, 2.05) is 0 Å². The van der Waals surface area contributed by atoms with Crippen LogP contribution in [0.1, 0.15) is 15.9 Å². The third-order valence-electron chi connectivity index (χ3n) is 3.04. The Morgan fingerprint density at radius 3 is 2.50 bits per heavy atom. The zero-order chi connectivity index (χ0) is 16.1. The Labute approximate surface area is 133 Å². The minimum atomic E-state index is -0.259. The van der Waals surface area contributed by atoms with E-state index in [4.69, 9.17) is 21.1 Å². The fraction of sp³-hybridized carbons (Fsp3) is 0.118. The second-order valence-electron chi connectivity index (χ2n) is 4.48. The number of rotatable bonds is 5. The summed E-state index contributed by atoms with van der Waals surface area (Å²) in [4.78, 5) is 12.3. The fourth-order valence-corrected chi connectivity index (χ4v) is 2.18. The largest absolute Gasteiger partial charge is 0.508 e. The number of allylic oxidation sites excluding steroid dienone is 1. The number of phenolic OH excluding ortho intramolecular Hbond substituents is 1. The van der Waals surface area contributed by atoms with Crippen LogP contribution in [0.2, 0.25) is 5.02 Å². The molecule has 0 amide bonds. The Kier molecular flexibility index (Phi) is 5.07. The lowest BCUT2D eigenvalue weighted by Gasteiger charge is -2.10. The van der Waals surface area contributed by atoms with Crippen molar-refractivity contribution in [3.8, 4) is 17.2 Å². The quantitative estimate of drug-likeness (QED) is 0.669. The molecule has 22 heavy (non-hydrogen) atoms. The number of hydrogen-bond donors (Lipinski definition) is 1. The van der Waals surface area contributed by atoms with Crippen molar-refractivity contribution in [2.45, 2.75) is 0 Å². The van der Waals surface area contributed by atoms with Crippen molar-refractivity contribution in [2.75, 3.05) is 14.2 Å². The number of phenols is 1. The first-order valence-electron chi connectivity index (χ1n) is 6.48. The summed E-state index contributed by atoms with van der Waals surface area (Å²) in [5.41, 5.74) is 1.05. The molecule has 0 spiro atoms. The zero-order valence-electron chi connectivity index (χ0n) is 12.2. The first-order valence-corrected chi connectivity index (χ1v) is 6.86. The second kappa shape index (κ2) is 7.00. The fourth-order valence-electron chi connectivity index (χ4n) is 1.94. The van der Waals surface area contributed by atoms with Crippen molar-refractivity contribution in [3.05, 3.63) is 58.6 Å². The van der Waals surface area contributed by atoms with Crippen LogP contribution in [-0.2, 0) is 0 Å². The van der Waals surface area contributed by atoms with Gasteiger partial charge in [0.25, 0.3) is 0 Å². The van der Waals surface area contributed by atoms with Gasteiger partial charge in [0.15, 0.2) is 5.78 Å². The Morgan fingerprint density at radius 1 is 1.14 bits per heavy atom. The van der Waals surface area contributed by atoms with E-state index in [2.05, 4.69) is 0 Å². The number of benzene rings is 2. The van der Waals surface area contributed by atoms with Gasteiger partial charge in [0.2, 0.25) is 0 Å². The third kappa shape index (κ3) is 3.59. The topological polar surface area (TPSA) is 55.8 Å². The van der Waals surface area contributed by atoms with Gasteiger partial charge in [0.05, 0.1) is 24.8 Å². The summed E-state index contributed by atoms with van der Waals surface area (Å²) in [5.74, 6) is 0.697. The molecule has 0 atom stereocenters. The predicted molar refractivity (Wildman–Crippen MR) is 86.0 cm³/mol. The normalized spacial score (nSPS) is 10.7. The molecule has 2 rings (SSSR count). The van der Waals surface area contributed by atoms with Crippen LogP contribution < -0.4 is 9.47 Å². The van der Waals surface area contributed by atoms with E-state index in [1.54, 1.807) is 36.4 Å². The average molecular weight is 319 g/mol. The van der Waals surface area contributed by atoms with Crippen LogP contribution in [0.3, 0.4) is 0 Å². The maximum absolute atomic E-state index is 12.3. The minimum Gasteiger partial charge on any atom is -0.508 e. The lowest BCUT2D eigenvalue weighted by molar-refractivity contribution is 0.104. The van der Waals surface area contributed by atoms with Crippen LogP contribution in [0, 0.1) is 0 Å². The van der Waals surface area contributed by atoms with Gasteiger partial charge in [-0.15, -0.1) is 0 Å². The number of ether oxygens (including phenoxy) is 2. The van der Waals surface area contributed by atoms with Crippen molar-refractivity contribution in [2.24, 2.45) is 0 Å². The smallest absolute Gasteiger partial charge is 0.189 e. The molecule has 0 aliphatic heterocycles. The van der Waals surface area contributed by atoms with E-state index in [9.17, 15) is 9.90 Å². The van der Waals surface area contributed by atoms with Crippen molar-refractivity contribution in [1.82, 2.24) is 0 Å². The molecule has 0 aliphatic rings. The van der Waals surface area contributed by atoms with Gasteiger partial charge in [-0.25, -0.2) is 0 Å². The highest BCUT2D eigenvalue weighted by molar-refractivity contribution is 6.32. The maximum atomic E-state index is 12.3. The molecule has 114 valence electrons. The number of halogens is 1. The number of carbonyl (C=O) groups excluding carboxylic acids is 1. The van der Waals surface area contributed by atoms with Crippen LogP contribution in [0.4, 0.5) is 0 Å². The molecular weight excluding hydrogens is 304 g/mol. The summed E-state index contributed by atoms with van der Waals surface area (Å²) < 4.78 is 10.3. The van der Waals surface area contributed by atoms with Crippen molar-refractivity contribution < 1.29 is 19.4 Å². The third-order valence-corrected chi connectivity index (χ3v) is 3.33. The molecule has 5 heteroatoms. The average Bonchev–Trinajstić information content (AvgIpc) is 2.52. The van der Waals surface area contributed by atoms with Gasteiger partial charge >= 0.3 is 0 Å². The highest BCUT2D eigenvalue weighted by Gasteiger charge is 2.14. The van der Waals surface area contributed by atoms with Crippen LogP contribution in [0.25, 0.3) is 6.08 Å². The first kappa shape index (κ1) is 15.9. The van der Waals surface area contributed by atoms with Gasteiger partial charge in [0, 0.05) is 6.07 Å². The molecular formula is C17H15ClO4. The van der Waals surface area contributed by atoms with Gasteiger partial charge < -0.3 is 14.6 Å². The van der Waals surface area contributed by atoms with Crippen LogP contribution >= 0.6 is 11.6 Å². The van der Waals surface area contributed by atoms with Gasteiger partial charge in [-0.1, -0.05) is 29.8 Å². The molecule has 0 saturated heterocycles. The molecule has 1 N–H and O–H groups in total. The Bertz CT molecular complexity index is 723. The number of ketones is 1. The highest BCUT2D eigenvalue weighted by Crippen LogP contribution is 2.33. The van der Waals surface area contributed by atoms with Gasteiger partial charge in [-0.2, -0.15) is 0 Å². The summed E-state index contributed by atoms with van der Waals surface area (Å²) in [5, 5.41) is 9.73. The molecule has 2 aromatic rings. The SMILES string of the molecule is COc1cc(OC)c(C(=O)/C=C/c2cccc(O)c2)cc1Cl. The number of methoxy groups -OCH3 is 2. The molecule has 0 heterocycles. The van der Waals surface area contributed by atoms with Gasteiger partial charge in [0.1, 0.15) is 17.2 Å². The van der Waals surface area contributed by atoms with Crippen LogP contribution in [0.15, 0.2) is 42.5 Å². The number of hydrogen-bond acceptors (Lipinski definition) is 4. The summed E-state index contributed by atoms with van der Waals surface area (Å²) >= 11 is 6.05. The molecule has 0 radical (unpaired) electrons. The monoisotopic (exact) mass is 318 g/mol. The lowest BCUT2D eigenvalue weighted by Crippen LogP contribution is -2.00. The molecule has 0 aromatic heterocycles. The number of carbonyl (C=O) groups is 1. The molecule has 0 unspecified atom stereocenters. The summed E-state index contributed by atoms with van der Waals surface area (Å²) in [6, 6.07) is 9.67. The summed E-state index contributed by atoms with van der Waals surface area (Å²) in [6.07, 6.45) is 3.01. The number of aromatic hydroxyl groups is 1. The summed E-state index contributed by atoms with van der Waals surface area (Å²) in [7, 11) is 2.96. The molecule has 0 fully saturated rings. The van der Waals surface area contributed by atoms with Crippen molar-refractivity contribution >= 4 is 23.5 Å².